The molecule has 2 N–H and O–H groups in total. The highest BCUT2D eigenvalue weighted by atomic mass is 16.5. The number of nitrogens with one attached hydrogen (secondary N) is 1. The molecule has 1 amide bonds. The summed E-state index contributed by atoms with van der Waals surface area (Å²) in [4.78, 5) is 34.7. The monoisotopic (exact) mass is 307 g/mol. The van der Waals surface area contributed by atoms with Gasteiger partial charge in [0.05, 0.1) is 18.6 Å². The molecule has 0 heterocycles. The van der Waals surface area contributed by atoms with E-state index in [1.165, 1.54) is 7.11 Å². The Balaban J connectivity index is 2.54. The van der Waals surface area contributed by atoms with Crippen molar-refractivity contribution in [2.45, 2.75) is 31.7 Å². The Labute approximate surface area is 129 Å². The molecular formula is C16H21NO5. The average Bonchev–Trinajstić information content (AvgIpc) is 2.44. The fraction of sp³-hybridized carbons (Fsp3) is 0.438. The van der Waals surface area contributed by atoms with Crippen LogP contribution in [0.4, 0.5) is 0 Å². The highest BCUT2D eigenvalue weighted by Gasteiger charge is 2.29. The zero-order valence-corrected chi connectivity index (χ0v) is 12.8. The Morgan fingerprint density at radius 2 is 1.82 bits per heavy atom. The zero-order chi connectivity index (χ0) is 16.6. The molecule has 0 fully saturated rings. The first-order valence-corrected chi connectivity index (χ1v) is 6.96. The van der Waals surface area contributed by atoms with Crippen molar-refractivity contribution in [2.24, 2.45) is 0 Å². The predicted octanol–water partition coefficient (Wildman–Crippen LogP) is 1.65. The number of hydrogen-bond donors (Lipinski definition) is 2. The van der Waals surface area contributed by atoms with E-state index in [0.717, 1.165) is 0 Å². The van der Waals surface area contributed by atoms with Gasteiger partial charge < -0.3 is 15.2 Å². The number of ketones is 1. The number of amides is 1. The molecule has 0 aliphatic heterocycles. The Morgan fingerprint density at radius 3 is 2.36 bits per heavy atom. The lowest BCUT2D eigenvalue weighted by Gasteiger charge is -2.28. The summed E-state index contributed by atoms with van der Waals surface area (Å²) >= 11 is 0. The summed E-state index contributed by atoms with van der Waals surface area (Å²) in [5, 5.41) is 11.5. The number of benzene rings is 1. The van der Waals surface area contributed by atoms with Crippen LogP contribution in [0, 0.1) is 0 Å². The molecule has 0 saturated carbocycles. The number of hydrogen-bond acceptors (Lipinski definition) is 4. The highest BCUT2D eigenvalue weighted by molar-refractivity contribution is 5.97. The molecular weight excluding hydrogens is 286 g/mol. The van der Waals surface area contributed by atoms with E-state index in [1.54, 1.807) is 31.2 Å². The molecule has 1 aromatic rings. The van der Waals surface area contributed by atoms with Crippen LogP contribution < -0.4 is 5.32 Å². The van der Waals surface area contributed by atoms with E-state index in [9.17, 15) is 14.4 Å². The van der Waals surface area contributed by atoms with Gasteiger partial charge in [0, 0.05) is 25.5 Å². The maximum Gasteiger partial charge on any atom is 0.305 e. The van der Waals surface area contributed by atoms with Gasteiger partial charge >= 0.3 is 5.97 Å². The number of methoxy groups -OCH3 is 1. The first kappa shape index (κ1) is 17.8. The van der Waals surface area contributed by atoms with Crippen LogP contribution in [0.1, 0.15) is 36.5 Å². The molecule has 120 valence electrons. The van der Waals surface area contributed by atoms with E-state index in [2.05, 4.69) is 5.32 Å². The third-order valence-corrected chi connectivity index (χ3v) is 3.12. The van der Waals surface area contributed by atoms with Crippen LogP contribution in [-0.4, -0.2) is 42.0 Å². The van der Waals surface area contributed by atoms with Crippen LogP contribution in [0.15, 0.2) is 30.3 Å². The second kappa shape index (κ2) is 8.29. The van der Waals surface area contributed by atoms with Gasteiger partial charge in [-0.1, -0.05) is 30.3 Å². The molecule has 0 spiro atoms. The molecule has 6 heteroatoms. The van der Waals surface area contributed by atoms with Gasteiger partial charge in [-0.05, 0) is 6.92 Å². The van der Waals surface area contributed by atoms with Crippen LogP contribution in [-0.2, 0) is 14.3 Å². The van der Waals surface area contributed by atoms with Crippen molar-refractivity contribution in [2.75, 3.05) is 13.7 Å². The molecule has 0 aliphatic carbocycles. The van der Waals surface area contributed by atoms with Crippen molar-refractivity contribution >= 4 is 17.7 Å². The third kappa shape index (κ3) is 6.05. The first-order valence-electron chi connectivity index (χ1n) is 6.96. The Hall–Kier alpha value is -2.21. The number of rotatable bonds is 9. The molecule has 1 unspecified atom stereocenters. The van der Waals surface area contributed by atoms with Gasteiger partial charge in [0.2, 0.25) is 5.91 Å². The lowest BCUT2D eigenvalue weighted by Crippen LogP contribution is -2.50. The highest BCUT2D eigenvalue weighted by Crippen LogP contribution is 2.12. The molecule has 0 saturated heterocycles. The van der Waals surface area contributed by atoms with Gasteiger partial charge in [0.25, 0.3) is 0 Å². The van der Waals surface area contributed by atoms with Gasteiger partial charge in [0.15, 0.2) is 5.78 Å². The predicted molar refractivity (Wildman–Crippen MR) is 80.7 cm³/mol. The van der Waals surface area contributed by atoms with E-state index in [-0.39, 0.29) is 37.6 Å². The van der Waals surface area contributed by atoms with Gasteiger partial charge in [-0.3, -0.25) is 14.4 Å². The fourth-order valence-corrected chi connectivity index (χ4v) is 2.18. The number of carbonyl (C=O) groups is 3. The average molecular weight is 307 g/mol. The Morgan fingerprint density at radius 1 is 1.18 bits per heavy atom. The lowest BCUT2D eigenvalue weighted by molar-refractivity contribution is -0.139. The molecule has 0 aromatic heterocycles. The molecule has 1 aromatic carbocycles. The minimum absolute atomic E-state index is 0.00660. The summed E-state index contributed by atoms with van der Waals surface area (Å²) in [5.41, 5.74) is -0.437. The van der Waals surface area contributed by atoms with Crippen LogP contribution in [0.5, 0.6) is 0 Å². The van der Waals surface area contributed by atoms with Gasteiger partial charge in [-0.2, -0.15) is 0 Å². The lowest BCUT2D eigenvalue weighted by atomic mass is 9.98. The fourth-order valence-electron chi connectivity index (χ4n) is 2.18. The summed E-state index contributed by atoms with van der Waals surface area (Å²) in [6.07, 6.45) is -0.169. The van der Waals surface area contributed by atoms with Crippen molar-refractivity contribution in [3.8, 4) is 0 Å². The number of Topliss-reactive ketones (excluding diaryl/α,β-unsaturated/α-hetero) is 1. The standard InChI is InChI=1S/C16H21NO5/c1-16(11-22-2,10-15(20)21)17-14(19)9-8-13(18)12-6-4-3-5-7-12/h3-7H,8-11H2,1-2H3,(H,17,19)(H,20,21). The van der Waals surface area contributed by atoms with Crippen molar-refractivity contribution in [1.82, 2.24) is 5.32 Å². The summed E-state index contributed by atoms with van der Waals surface area (Å²) < 4.78 is 4.96. The Bertz CT molecular complexity index is 529. The van der Waals surface area contributed by atoms with Crippen LogP contribution >= 0.6 is 0 Å². The second-order valence-electron chi connectivity index (χ2n) is 5.40. The number of carboxylic acid groups (broad SMARTS) is 1. The summed E-state index contributed by atoms with van der Waals surface area (Å²) in [7, 11) is 1.44. The quantitative estimate of drug-likeness (QED) is 0.677. The minimum Gasteiger partial charge on any atom is -0.481 e. The largest absolute Gasteiger partial charge is 0.481 e. The maximum absolute atomic E-state index is 11.9. The minimum atomic E-state index is -1.03. The molecule has 6 nitrogen and oxygen atoms in total. The molecule has 0 aliphatic rings. The van der Waals surface area contributed by atoms with Crippen molar-refractivity contribution in [3.05, 3.63) is 35.9 Å². The summed E-state index contributed by atoms with van der Waals surface area (Å²) in [5.74, 6) is -1.52. The van der Waals surface area contributed by atoms with E-state index in [1.807, 2.05) is 6.07 Å². The normalized spacial score (nSPS) is 13.2. The van der Waals surface area contributed by atoms with E-state index < -0.39 is 11.5 Å². The topological polar surface area (TPSA) is 92.7 Å². The summed E-state index contributed by atoms with van der Waals surface area (Å²) in [6, 6.07) is 8.72. The Kier molecular flexibility index (Phi) is 6.72. The molecule has 22 heavy (non-hydrogen) atoms. The van der Waals surface area contributed by atoms with Crippen LogP contribution in [0.3, 0.4) is 0 Å². The van der Waals surface area contributed by atoms with Crippen molar-refractivity contribution < 1.29 is 24.2 Å². The van der Waals surface area contributed by atoms with Gasteiger partial charge in [-0.25, -0.2) is 0 Å². The van der Waals surface area contributed by atoms with E-state index in [0.29, 0.717) is 5.56 Å². The smallest absolute Gasteiger partial charge is 0.305 e. The van der Waals surface area contributed by atoms with E-state index in [4.69, 9.17) is 9.84 Å². The third-order valence-electron chi connectivity index (χ3n) is 3.12. The van der Waals surface area contributed by atoms with E-state index >= 15 is 0 Å². The van der Waals surface area contributed by atoms with Gasteiger partial charge in [-0.15, -0.1) is 0 Å². The maximum atomic E-state index is 11.9. The molecule has 0 bridgehead atoms. The van der Waals surface area contributed by atoms with Crippen LogP contribution in [0.25, 0.3) is 0 Å². The van der Waals surface area contributed by atoms with Gasteiger partial charge in [0.1, 0.15) is 0 Å². The van der Waals surface area contributed by atoms with Crippen LogP contribution in [0.2, 0.25) is 0 Å². The zero-order valence-electron chi connectivity index (χ0n) is 12.8. The first-order chi connectivity index (χ1) is 10.4. The number of ether oxygens (including phenoxy) is 1. The SMILES string of the molecule is COCC(C)(CC(=O)O)NC(=O)CCC(=O)c1ccccc1. The number of carbonyl (C=O) groups excluding carboxylic acids is 2. The van der Waals surface area contributed by atoms with Crippen molar-refractivity contribution in [3.63, 3.8) is 0 Å². The second-order valence-corrected chi connectivity index (χ2v) is 5.40. The number of carboxylic acids is 1. The molecule has 0 radical (unpaired) electrons. The molecule has 1 atom stereocenters. The molecule has 1 rings (SSSR count). The van der Waals surface area contributed by atoms with Crippen molar-refractivity contribution in [1.29, 1.82) is 0 Å². The number of aliphatic carboxylic acids is 1. The summed E-state index contributed by atoms with van der Waals surface area (Å²) in [6.45, 7) is 1.68.